The Morgan fingerprint density at radius 1 is 1.21 bits per heavy atom. The lowest BCUT2D eigenvalue weighted by Crippen LogP contribution is -2.28. The van der Waals surface area contributed by atoms with Gasteiger partial charge in [-0.1, -0.05) is 35.9 Å². The van der Waals surface area contributed by atoms with E-state index in [1.165, 1.54) is 0 Å². The first-order valence-corrected chi connectivity index (χ1v) is 11.5. The van der Waals surface area contributed by atoms with Gasteiger partial charge in [0.15, 0.2) is 0 Å². The highest BCUT2D eigenvalue weighted by atomic mass is 35.5. The molecule has 0 bridgehead atoms. The summed E-state index contributed by atoms with van der Waals surface area (Å²) in [5, 5.41) is 13.5. The van der Waals surface area contributed by atoms with Crippen LogP contribution in [-0.4, -0.2) is 34.8 Å². The number of fused-ring (bicyclic) bond motifs is 1. The normalized spacial score (nSPS) is 17.3. The molecule has 1 atom stereocenters. The molecule has 0 aliphatic carbocycles. The van der Waals surface area contributed by atoms with Gasteiger partial charge in [0, 0.05) is 41.1 Å². The molecule has 8 heteroatoms. The van der Waals surface area contributed by atoms with Crippen LogP contribution in [0.2, 0.25) is 5.02 Å². The summed E-state index contributed by atoms with van der Waals surface area (Å²) < 4.78 is 2.01. The van der Waals surface area contributed by atoms with Gasteiger partial charge in [-0.25, -0.2) is 0 Å². The molecular formula is C26H23ClN6O. The monoisotopic (exact) mass is 470 g/mol. The van der Waals surface area contributed by atoms with Gasteiger partial charge in [-0.05, 0) is 54.3 Å². The van der Waals surface area contributed by atoms with Crippen LogP contribution in [0.15, 0.2) is 65.3 Å². The first-order valence-electron chi connectivity index (χ1n) is 11.1. The number of hydrogen-bond donors (Lipinski definition) is 2. The quantitative estimate of drug-likeness (QED) is 0.425. The minimum Gasteiger partial charge on any atom is -0.338 e. The number of aliphatic imine (C=N–C) groups is 1. The van der Waals surface area contributed by atoms with Crippen molar-refractivity contribution < 1.29 is 4.79 Å². The van der Waals surface area contributed by atoms with Gasteiger partial charge in [0.05, 0.1) is 6.34 Å². The molecule has 1 unspecified atom stereocenters. The molecule has 7 nitrogen and oxygen atoms in total. The van der Waals surface area contributed by atoms with Crippen molar-refractivity contribution in [2.45, 2.75) is 19.0 Å². The summed E-state index contributed by atoms with van der Waals surface area (Å²) in [6.45, 7) is 1.41. The smallest absolute Gasteiger partial charge is 0.264 e. The number of carbonyl (C=O) groups excluding carboxylic acids is 1. The number of amides is 1. The van der Waals surface area contributed by atoms with Gasteiger partial charge in [0.1, 0.15) is 23.6 Å². The number of hydrogen-bond acceptors (Lipinski definition) is 5. The van der Waals surface area contributed by atoms with Crippen molar-refractivity contribution in [2.24, 2.45) is 10.7 Å². The molecule has 34 heavy (non-hydrogen) atoms. The first kappa shape index (κ1) is 22.0. The standard InChI is InChI=1S/C26H23ClN6O/c27-20-8-6-18(7-9-20)22-15-33(25-23(22)24(29)30-16-31-25)21-5-3-4-17(13-21)12-19(14-28)26(34)32-10-1-2-11-32/h3-9,12-13,15-16,24H,1-2,10-11,29H2,(H,30,31). The van der Waals surface area contributed by atoms with Crippen molar-refractivity contribution in [3.63, 3.8) is 0 Å². The Bertz CT molecular complexity index is 1340. The fourth-order valence-corrected chi connectivity index (χ4v) is 4.57. The average Bonchev–Trinajstić information content (AvgIpc) is 3.52. The SMILES string of the molecule is N#CC(=Cc1cccc(-n2cc(-c3ccc(Cl)cc3)c3c2NC=NC3N)c1)C(=O)N1CCCC1. The van der Waals surface area contributed by atoms with E-state index < -0.39 is 6.17 Å². The zero-order chi connectivity index (χ0) is 23.7. The maximum atomic E-state index is 12.7. The molecule has 1 aromatic heterocycles. The summed E-state index contributed by atoms with van der Waals surface area (Å²) in [5.41, 5.74) is 10.9. The molecule has 0 radical (unpaired) electrons. The maximum Gasteiger partial charge on any atom is 0.264 e. The van der Waals surface area contributed by atoms with Crippen molar-refractivity contribution >= 4 is 35.7 Å². The molecule has 5 rings (SSSR count). The van der Waals surface area contributed by atoms with E-state index in [9.17, 15) is 10.1 Å². The van der Waals surface area contributed by atoms with Gasteiger partial charge in [0.2, 0.25) is 0 Å². The number of nitrogens with two attached hydrogens (primary N) is 1. The lowest BCUT2D eigenvalue weighted by atomic mass is 10.0. The number of aromatic nitrogens is 1. The van der Waals surface area contributed by atoms with Crippen LogP contribution in [0.5, 0.6) is 0 Å². The van der Waals surface area contributed by atoms with Crippen LogP contribution in [0, 0.1) is 11.3 Å². The van der Waals surface area contributed by atoms with Crippen molar-refractivity contribution in [3.05, 3.63) is 76.5 Å². The van der Waals surface area contributed by atoms with Gasteiger partial charge in [0.25, 0.3) is 5.91 Å². The fraction of sp³-hybridized carbons (Fsp3) is 0.192. The van der Waals surface area contributed by atoms with Crippen LogP contribution in [0.3, 0.4) is 0 Å². The number of nitrogens with zero attached hydrogens (tertiary/aromatic N) is 4. The van der Waals surface area contributed by atoms with Gasteiger partial charge < -0.3 is 20.5 Å². The van der Waals surface area contributed by atoms with Gasteiger partial charge in [-0.3, -0.25) is 9.79 Å². The second-order valence-corrected chi connectivity index (χ2v) is 8.75. The van der Waals surface area contributed by atoms with Crippen LogP contribution >= 0.6 is 11.6 Å². The molecule has 2 aromatic carbocycles. The number of rotatable bonds is 4. The predicted molar refractivity (Wildman–Crippen MR) is 135 cm³/mol. The minimum atomic E-state index is -0.505. The molecule has 1 fully saturated rings. The lowest BCUT2D eigenvalue weighted by Gasteiger charge is -2.18. The number of halogens is 1. The maximum absolute atomic E-state index is 12.7. The molecule has 3 heterocycles. The Kier molecular flexibility index (Phi) is 5.93. The van der Waals surface area contributed by atoms with E-state index in [2.05, 4.69) is 16.4 Å². The van der Waals surface area contributed by atoms with Gasteiger partial charge in [-0.2, -0.15) is 5.26 Å². The lowest BCUT2D eigenvalue weighted by molar-refractivity contribution is -0.125. The summed E-state index contributed by atoms with van der Waals surface area (Å²) in [5.74, 6) is 0.611. The second kappa shape index (κ2) is 9.18. The third kappa shape index (κ3) is 4.10. The summed E-state index contributed by atoms with van der Waals surface area (Å²) >= 11 is 6.09. The molecule has 3 aromatic rings. The summed E-state index contributed by atoms with van der Waals surface area (Å²) in [4.78, 5) is 18.8. The number of likely N-dealkylation sites (tertiary alicyclic amines) is 1. The fourth-order valence-electron chi connectivity index (χ4n) is 4.45. The average molecular weight is 471 g/mol. The highest BCUT2D eigenvalue weighted by Crippen LogP contribution is 2.39. The molecule has 2 aliphatic heterocycles. The number of nitriles is 1. The van der Waals surface area contributed by atoms with Gasteiger partial charge in [-0.15, -0.1) is 0 Å². The molecule has 2 aliphatic rings. The minimum absolute atomic E-state index is 0.141. The second-order valence-electron chi connectivity index (χ2n) is 8.31. The zero-order valence-corrected chi connectivity index (χ0v) is 19.2. The Morgan fingerprint density at radius 3 is 2.71 bits per heavy atom. The van der Waals surface area contributed by atoms with E-state index in [0.717, 1.165) is 46.6 Å². The number of anilines is 1. The Balaban J connectivity index is 1.56. The van der Waals surface area contributed by atoms with Crippen molar-refractivity contribution in [3.8, 4) is 22.9 Å². The largest absolute Gasteiger partial charge is 0.338 e. The van der Waals surface area contributed by atoms with E-state index >= 15 is 0 Å². The van der Waals surface area contributed by atoms with E-state index in [0.29, 0.717) is 18.1 Å². The summed E-state index contributed by atoms with van der Waals surface area (Å²) in [6, 6.07) is 17.4. The molecule has 3 N–H and O–H groups in total. The third-order valence-electron chi connectivity index (χ3n) is 6.14. The van der Waals surface area contributed by atoms with Crippen LogP contribution in [0.1, 0.15) is 30.1 Å². The Labute approximate surface area is 202 Å². The Morgan fingerprint density at radius 2 is 1.97 bits per heavy atom. The Hall–Kier alpha value is -3.86. The van der Waals surface area contributed by atoms with E-state index in [-0.39, 0.29) is 11.5 Å². The number of nitrogens with one attached hydrogen (secondary N) is 1. The van der Waals surface area contributed by atoms with Crippen molar-refractivity contribution in [1.82, 2.24) is 9.47 Å². The highest BCUT2D eigenvalue weighted by molar-refractivity contribution is 6.30. The highest BCUT2D eigenvalue weighted by Gasteiger charge is 2.25. The van der Waals surface area contributed by atoms with Crippen molar-refractivity contribution in [1.29, 1.82) is 5.26 Å². The van der Waals surface area contributed by atoms with E-state index in [1.807, 2.05) is 59.3 Å². The number of carbonyl (C=O) groups is 1. The predicted octanol–water partition coefficient (Wildman–Crippen LogP) is 4.74. The topological polar surface area (TPSA) is 99.4 Å². The first-order chi connectivity index (χ1) is 16.5. The number of benzene rings is 2. The molecule has 170 valence electrons. The van der Waals surface area contributed by atoms with Crippen molar-refractivity contribution in [2.75, 3.05) is 18.4 Å². The molecule has 0 saturated carbocycles. The van der Waals surface area contributed by atoms with Crippen LogP contribution in [-0.2, 0) is 4.79 Å². The van der Waals surface area contributed by atoms with Crippen LogP contribution in [0.4, 0.5) is 5.82 Å². The molecule has 1 saturated heterocycles. The van der Waals surface area contributed by atoms with E-state index in [4.69, 9.17) is 17.3 Å². The van der Waals surface area contributed by atoms with Crippen LogP contribution < -0.4 is 11.1 Å². The van der Waals surface area contributed by atoms with Gasteiger partial charge >= 0.3 is 0 Å². The van der Waals surface area contributed by atoms with Crippen LogP contribution in [0.25, 0.3) is 22.9 Å². The summed E-state index contributed by atoms with van der Waals surface area (Å²) in [7, 11) is 0. The molecule has 0 spiro atoms. The third-order valence-corrected chi connectivity index (χ3v) is 6.39. The molecular weight excluding hydrogens is 448 g/mol. The zero-order valence-electron chi connectivity index (χ0n) is 18.4. The molecule has 1 amide bonds. The van der Waals surface area contributed by atoms with E-state index in [1.54, 1.807) is 17.3 Å². The summed E-state index contributed by atoms with van der Waals surface area (Å²) in [6.07, 6.45) is 6.72.